The number of benzene rings is 1. The second-order valence-electron chi connectivity index (χ2n) is 6.92. The molecule has 1 aromatic carbocycles. The molecule has 4 rings (SSSR count). The Labute approximate surface area is 152 Å². The average molecular weight is 352 g/mol. The van der Waals surface area contributed by atoms with Gasteiger partial charge in [0.1, 0.15) is 12.7 Å². The number of urea groups is 1. The van der Waals surface area contributed by atoms with E-state index in [4.69, 9.17) is 0 Å². The molecule has 0 spiro atoms. The summed E-state index contributed by atoms with van der Waals surface area (Å²) in [5.74, 6) is 0. The molecular formula is C19H24N6O. The Morgan fingerprint density at radius 2 is 2.19 bits per heavy atom. The smallest absolute Gasteiger partial charge is 0.317 e. The van der Waals surface area contributed by atoms with E-state index in [9.17, 15) is 4.79 Å². The van der Waals surface area contributed by atoms with Crippen molar-refractivity contribution in [1.82, 2.24) is 29.5 Å². The van der Waals surface area contributed by atoms with Crippen LogP contribution in [-0.4, -0.2) is 43.4 Å². The zero-order chi connectivity index (χ0) is 18.1. The van der Waals surface area contributed by atoms with Gasteiger partial charge < -0.3 is 14.8 Å². The number of fused-ring (bicyclic) bond motifs is 1. The SMILES string of the molecule is Cc1c(CNC(=O)N2CCCC(n3cncn3)C2)n(C)c2ccccc12. The standard InChI is InChI=1S/C19H24N6O/c1-14-16-7-3-4-8-17(16)23(2)18(14)10-21-19(26)24-9-5-6-15(11-24)25-13-20-12-22-25/h3-4,7-8,12-13,15H,5-6,9-11H2,1-2H3,(H,21,26). The molecule has 26 heavy (non-hydrogen) atoms. The highest BCUT2D eigenvalue weighted by Gasteiger charge is 2.25. The lowest BCUT2D eigenvalue weighted by atomic mass is 10.1. The second kappa shape index (κ2) is 6.82. The van der Waals surface area contributed by atoms with Crippen molar-refractivity contribution in [3.63, 3.8) is 0 Å². The summed E-state index contributed by atoms with van der Waals surface area (Å²) in [6, 6.07) is 8.53. The van der Waals surface area contributed by atoms with E-state index < -0.39 is 0 Å². The van der Waals surface area contributed by atoms with E-state index in [1.807, 2.05) is 15.6 Å². The molecule has 0 aliphatic carbocycles. The van der Waals surface area contributed by atoms with E-state index in [0.29, 0.717) is 13.1 Å². The predicted octanol–water partition coefficient (Wildman–Crippen LogP) is 2.62. The minimum absolute atomic E-state index is 0.0144. The zero-order valence-corrected chi connectivity index (χ0v) is 15.2. The van der Waals surface area contributed by atoms with Crippen LogP contribution in [0.2, 0.25) is 0 Å². The summed E-state index contributed by atoms with van der Waals surface area (Å²) in [7, 11) is 2.05. The number of likely N-dealkylation sites (tertiary alicyclic amines) is 1. The minimum Gasteiger partial charge on any atom is -0.346 e. The van der Waals surface area contributed by atoms with E-state index >= 15 is 0 Å². The molecule has 1 fully saturated rings. The van der Waals surface area contributed by atoms with Crippen LogP contribution >= 0.6 is 0 Å². The molecule has 0 bridgehead atoms. The van der Waals surface area contributed by atoms with Gasteiger partial charge in [0.2, 0.25) is 0 Å². The fraction of sp³-hybridized carbons (Fsp3) is 0.421. The molecule has 7 nitrogen and oxygen atoms in total. The fourth-order valence-electron chi connectivity index (χ4n) is 3.92. The number of piperidine rings is 1. The van der Waals surface area contributed by atoms with Crippen LogP contribution in [0.25, 0.3) is 10.9 Å². The normalized spacial score (nSPS) is 17.6. The van der Waals surface area contributed by atoms with Gasteiger partial charge >= 0.3 is 6.03 Å². The third-order valence-electron chi connectivity index (χ3n) is 5.41. The van der Waals surface area contributed by atoms with Crippen molar-refractivity contribution < 1.29 is 4.79 Å². The highest BCUT2D eigenvalue weighted by Crippen LogP contribution is 2.24. The predicted molar refractivity (Wildman–Crippen MR) is 99.8 cm³/mol. The largest absolute Gasteiger partial charge is 0.346 e. The molecule has 2 amide bonds. The van der Waals surface area contributed by atoms with Crippen LogP contribution in [0.5, 0.6) is 0 Å². The lowest BCUT2D eigenvalue weighted by Gasteiger charge is -2.32. The summed E-state index contributed by atoms with van der Waals surface area (Å²) in [5.41, 5.74) is 3.56. The number of hydrogen-bond donors (Lipinski definition) is 1. The summed E-state index contributed by atoms with van der Waals surface area (Å²) in [6.45, 7) is 4.10. The summed E-state index contributed by atoms with van der Waals surface area (Å²) >= 11 is 0. The Balaban J connectivity index is 1.44. The van der Waals surface area contributed by atoms with Crippen molar-refractivity contribution in [3.8, 4) is 0 Å². The number of para-hydroxylation sites is 1. The molecule has 1 N–H and O–H groups in total. The number of hydrogen-bond acceptors (Lipinski definition) is 3. The maximum absolute atomic E-state index is 12.7. The van der Waals surface area contributed by atoms with Gasteiger partial charge in [-0.2, -0.15) is 5.10 Å². The molecule has 1 atom stereocenters. The maximum atomic E-state index is 12.7. The van der Waals surface area contributed by atoms with Crippen molar-refractivity contribution in [3.05, 3.63) is 48.2 Å². The Morgan fingerprint density at radius 1 is 1.35 bits per heavy atom. The number of amides is 2. The first kappa shape index (κ1) is 16.6. The molecule has 0 radical (unpaired) electrons. The highest BCUT2D eigenvalue weighted by atomic mass is 16.2. The van der Waals surface area contributed by atoms with Crippen LogP contribution in [-0.2, 0) is 13.6 Å². The monoisotopic (exact) mass is 352 g/mol. The van der Waals surface area contributed by atoms with Crippen LogP contribution in [0.4, 0.5) is 4.79 Å². The fourth-order valence-corrected chi connectivity index (χ4v) is 3.92. The summed E-state index contributed by atoms with van der Waals surface area (Å²) in [6.07, 6.45) is 5.27. The van der Waals surface area contributed by atoms with E-state index in [-0.39, 0.29) is 12.1 Å². The molecule has 1 saturated heterocycles. The highest BCUT2D eigenvalue weighted by molar-refractivity contribution is 5.85. The van der Waals surface area contributed by atoms with Crippen LogP contribution < -0.4 is 5.32 Å². The van der Waals surface area contributed by atoms with Crippen molar-refractivity contribution in [1.29, 1.82) is 0 Å². The van der Waals surface area contributed by atoms with Gasteiger partial charge in [-0.3, -0.25) is 0 Å². The molecule has 2 aromatic heterocycles. The first-order valence-electron chi connectivity index (χ1n) is 9.05. The van der Waals surface area contributed by atoms with Gasteiger partial charge in [-0.25, -0.2) is 14.5 Å². The molecular weight excluding hydrogens is 328 g/mol. The lowest BCUT2D eigenvalue weighted by Crippen LogP contribution is -2.46. The molecule has 7 heteroatoms. The van der Waals surface area contributed by atoms with E-state index in [1.165, 1.54) is 16.5 Å². The van der Waals surface area contributed by atoms with Gasteiger partial charge in [0, 0.05) is 36.7 Å². The average Bonchev–Trinajstić information content (AvgIpc) is 3.29. The number of aromatic nitrogens is 4. The van der Waals surface area contributed by atoms with Gasteiger partial charge in [-0.1, -0.05) is 18.2 Å². The molecule has 1 aliphatic heterocycles. The molecule has 3 heterocycles. The van der Waals surface area contributed by atoms with Gasteiger partial charge in [0.15, 0.2) is 0 Å². The molecule has 0 saturated carbocycles. The minimum atomic E-state index is -0.0144. The topological polar surface area (TPSA) is 68.0 Å². The number of aryl methyl sites for hydroxylation is 2. The van der Waals surface area contributed by atoms with Crippen LogP contribution in [0.1, 0.15) is 30.1 Å². The van der Waals surface area contributed by atoms with Crippen molar-refractivity contribution in [2.24, 2.45) is 7.05 Å². The lowest BCUT2D eigenvalue weighted by molar-refractivity contribution is 0.162. The van der Waals surface area contributed by atoms with E-state index in [1.54, 1.807) is 12.7 Å². The first-order valence-corrected chi connectivity index (χ1v) is 9.05. The van der Waals surface area contributed by atoms with Crippen molar-refractivity contribution >= 4 is 16.9 Å². The van der Waals surface area contributed by atoms with Gasteiger partial charge in [-0.15, -0.1) is 0 Å². The van der Waals surface area contributed by atoms with Crippen LogP contribution in [0, 0.1) is 6.92 Å². The summed E-state index contributed by atoms with van der Waals surface area (Å²) < 4.78 is 4.02. The van der Waals surface area contributed by atoms with Gasteiger partial charge in [-0.05, 0) is 31.4 Å². The quantitative estimate of drug-likeness (QED) is 0.788. The molecule has 3 aromatic rings. The Kier molecular flexibility index (Phi) is 4.36. The Hall–Kier alpha value is -2.83. The third kappa shape index (κ3) is 2.94. The summed E-state index contributed by atoms with van der Waals surface area (Å²) in [4.78, 5) is 18.6. The maximum Gasteiger partial charge on any atom is 0.317 e. The van der Waals surface area contributed by atoms with Gasteiger partial charge in [0.05, 0.1) is 12.6 Å². The van der Waals surface area contributed by atoms with Gasteiger partial charge in [0.25, 0.3) is 0 Å². The zero-order valence-electron chi connectivity index (χ0n) is 15.2. The van der Waals surface area contributed by atoms with Crippen LogP contribution in [0.15, 0.2) is 36.9 Å². The van der Waals surface area contributed by atoms with Crippen molar-refractivity contribution in [2.45, 2.75) is 32.4 Å². The first-order chi connectivity index (χ1) is 12.6. The number of carbonyl (C=O) groups is 1. The second-order valence-corrected chi connectivity index (χ2v) is 6.92. The Morgan fingerprint density at radius 3 is 2.96 bits per heavy atom. The Bertz CT molecular complexity index is 875. The molecule has 136 valence electrons. The van der Waals surface area contributed by atoms with Crippen molar-refractivity contribution in [2.75, 3.05) is 13.1 Å². The van der Waals surface area contributed by atoms with E-state index in [0.717, 1.165) is 25.1 Å². The number of carbonyl (C=O) groups excluding carboxylic acids is 1. The van der Waals surface area contributed by atoms with Crippen LogP contribution in [0.3, 0.4) is 0 Å². The molecule has 1 unspecified atom stereocenters. The summed E-state index contributed by atoms with van der Waals surface area (Å²) in [5, 5.41) is 8.56. The molecule has 1 aliphatic rings. The number of rotatable bonds is 3. The number of nitrogens with one attached hydrogen (secondary N) is 1. The third-order valence-corrected chi connectivity index (χ3v) is 5.41. The number of nitrogens with zero attached hydrogens (tertiary/aromatic N) is 5. The van der Waals surface area contributed by atoms with E-state index in [2.05, 4.69) is 52.1 Å².